The molecule has 0 radical (unpaired) electrons. The normalized spacial score (nSPS) is 11.1. The van der Waals surface area contributed by atoms with Gasteiger partial charge in [-0.25, -0.2) is 0 Å². The zero-order valence-electron chi connectivity index (χ0n) is 19.8. The predicted molar refractivity (Wildman–Crippen MR) is 140 cm³/mol. The van der Waals surface area contributed by atoms with Gasteiger partial charge < -0.3 is 14.5 Å². The van der Waals surface area contributed by atoms with Crippen molar-refractivity contribution >= 4 is 33.3 Å². The summed E-state index contributed by atoms with van der Waals surface area (Å²) < 4.78 is 12.0. The molecule has 5 aromatic rings. The number of ether oxygens (including phenoxy) is 1. The molecule has 0 saturated heterocycles. The van der Waals surface area contributed by atoms with Gasteiger partial charge in [0.05, 0.1) is 5.39 Å². The molecule has 0 aliphatic heterocycles. The van der Waals surface area contributed by atoms with Gasteiger partial charge in [0.25, 0.3) is 5.91 Å². The molecule has 1 amide bonds. The minimum atomic E-state index is -0.365. The topological polar surface area (TPSA) is 68.5 Å². The van der Waals surface area contributed by atoms with E-state index < -0.39 is 0 Å². The van der Waals surface area contributed by atoms with Gasteiger partial charge >= 0.3 is 0 Å². The predicted octanol–water partition coefficient (Wildman–Crippen LogP) is 6.56. The maximum atomic E-state index is 13.5. The first-order valence-corrected chi connectivity index (χ1v) is 11.5. The van der Waals surface area contributed by atoms with Crippen LogP contribution in [-0.2, 0) is 4.79 Å². The molecule has 0 bridgehead atoms. The van der Waals surface area contributed by atoms with Crippen molar-refractivity contribution in [3.05, 3.63) is 106 Å². The third-order valence-electron chi connectivity index (χ3n) is 6.19. The Bertz CT molecular complexity index is 1630. The van der Waals surface area contributed by atoms with Crippen molar-refractivity contribution in [3.8, 4) is 17.1 Å². The van der Waals surface area contributed by atoms with E-state index >= 15 is 0 Å². The molecule has 0 aliphatic carbocycles. The van der Waals surface area contributed by atoms with Crippen molar-refractivity contribution in [3.63, 3.8) is 0 Å². The van der Waals surface area contributed by atoms with E-state index in [1.807, 2.05) is 93.6 Å². The number of carbonyl (C=O) groups excluding carboxylic acids is 1. The molecule has 0 fully saturated rings. The quantitative estimate of drug-likeness (QED) is 0.321. The fraction of sp³-hybridized carbons (Fsp3) is 0.133. The molecule has 0 spiro atoms. The molecular weight excluding hydrogens is 438 g/mol. The monoisotopic (exact) mass is 463 g/mol. The third kappa shape index (κ3) is 4.41. The van der Waals surface area contributed by atoms with Gasteiger partial charge in [-0.05, 0) is 55.5 Å². The number of amides is 1. The molecule has 0 unspecified atom stereocenters. The van der Waals surface area contributed by atoms with Crippen LogP contribution in [0.3, 0.4) is 0 Å². The first-order chi connectivity index (χ1) is 16.9. The Morgan fingerprint density at radius 1 is 0.857 bits per heavy atom. The molecule has 0 saturated carbocycles. The zero-order chi connectivity index (χ0) is 24.5. The Morgan fingerprint density at radius 3 is 2.37 bits per heavy atom. The van der Waals surface area contributed by atoms with E-state index in [4.69, 9.17) is 9.15 Å². The van der Waals surface area contributed by atoms with Crippen LogP contribution in [0.15, 0.2) is 88.1 Å². The second kappa shape index (κ2) is 9.11. The highest BCUT2D eigenvalue weighted by Crippen LogP contribution is 2.32. The summed E-state index contributed by atoms with van der Waals surface area (Å²) in [6.45, 7) is 5.58. The first-order valence-electron chi connectivity index (χ1n) is 11.5. The van der Waals surface area contributed by atoms with Crippen molar-refractivity contribution in [1.82, 2.24) is 0 Å². The van der Waals surface area contributed by atoms with Gasteiger partial charge in [-0.15, -0.1) is 0 Å². The fourth-order valence-electron chi connectivity index (χ4n) is 4.12. The molecule has 4 aromatic carbocycles. The van der Waals surface area contributed by atoms with Crippen molar-refractivity contribution in [1.29, 1.82) is 0 Å². The standard InChI is InChI=1S/C30H25NO4/c1-18-11-13-22(14-12-18)29-30(28(33)24-15-19(2)20(3)16-26(24)35-29)34-17-27(32)31-25-10-6-8-21-7-4-5-9-23(21)25/h4-16H,17H2,1-3H3,(H,31,32). The van der Waals surface area contributed by atoms with Crippen LogP contribution in [0.1, 0.15) is 16.7 Å². The van der Waals surface area contributed by atoms with Crippen LogP contribution in [0.2, 0.25) is 0 Å². The summed E-state index contributed by atoms with van der Waals surface area (Å²) in [5.41, 5.74) is 4.67. The summed E-state index contributed by atoms with van der Waals surface area (Å²) in [6.07, 6.45) is 0. The van der Waals surface area contributed by atoms with Crippen LogP contribution in [0, 0.1) is 20.8 Å². The van der Waals surface area contributed by atoms with Gasteiger partial charge in [0.1, 0.15) is 5.58 Å². The fourth-order valence-corrected chi connectivity index (χ4v) is 4.12. The maximum absolute atomic E-state index is 13.5. The van der Waals surface area contributed by atoms with Crippen LogP contribution in [-0.4, -0.2) is 12.5 Å². The average Bonchev–Trinajstić information content (AvgIpc) is 2.85. The van der Waals surface area contributed by atoms with E-state index in [9.17, 15) is 9.59 Å². The van der Waals surface area contributed by atoms with E-state index in [1.54, 1.807) is 6.07 Å². The highest BCUT2D eigenvalue weighted by molar-refractivity contribution is 6.02. The van der Waals surface area contributed by atoms with Gasteiger partial charge in [-0.3, -0.25) is 9.59 Å². The number of hydrogen-bond donors (Lipinski definition) is 1. The lowest BCUT2D eigenvalue weighted by Gasteiger charge is -2.13. The molecule has 0 atom stereocenters. The molecular formula is C30H25NO4. The second-order valence-corrected chi connectivity index (χ2v) is 8.75. The molecule has 0 aliphatic rings. The lowest BCUT2D eigenvalue weighted by atomic mass is 10.0. The molecule has 5 heteroatoms. The van der Waals surface area contributed by atoms with E-state index in [-0.39, 0.29) is 23.7 Å². The molecule has 5 nitrogen and oxygen atoms in total. The molecule has 35 heavy (non-hydrogen) atoms. The Balaban J connectivity index is 1.51. The number of rotatable bonds is 5. The van der Waals surface area contributed by atoms with Crippen molar-refractivity contribution in [2.75, 3.05) is 11.9 Å². The SMILES string of the molecule is Cc1ccc(-c2oc3cc(C)c(C)cc3c(=O)c2OCC(=O)Nc2cccc3ccccc23)cc1. The minimum absolute atomic E-state index is 0.0256. The number of fused-ring (bicyclic) bond motifs is 2. The number of anilines is 1. The molecule has 1 N–H and O–H groups in total. The van der Waals surface area contributed by atoms with Crippen LogP contribution in [0.5, 0.6) is 5.75 Å². The molecule has 1 aromatic heterocycles. The van der Waals surface area contributed by atoms with E-state index in [1.165, 1.54) is 0 Å². The minimum Gasteiger partial charge on any atom is -0.476 e. The number of aryl methyl sites for hydroxylation is 3. The second-order valence-electron chi connectivity index (χ2n) is 8.75. The lowest BCUT2D eigenvalue weighted by Crippen LogP contribution is -2.22. The van der Waals surface area contributed by atoms with Gasteiger partial charge in [0.15, 0.2) is 12.4 Å². The van der Waals surface area contributed by atoms with Crippen LogP contribution in [0.25, 0.3) is 33.1 Å². The van der Waals surface area contributed by atoms with Crippen LogP contribution in [0.4, 0.5) is 5.69 Å². The molecule has 1 heterocycles. The number of hydrogen-bond acceptors (Lipinski definition) is 4. The third-order valence-corrected chi connectivity index (χ3v) is 6.19. The highest BCUT2D eigenvalue weighted by atomic mass is 16.5. The Labute approximate surface area is 203 Å². The summed E-state index contributed by atoms with van der Waals surface area (Å²) >= 11 is 0. The van der Waals surface area contributed by atoms with Crippen LogP contribution < -0.4 is 15.5 Å². The van der Waals surface area contributed by atoms with Gasteiger partial charge in [0.2, 0.25) is 11.2 Å². The Kier molecular flexibility index (Phi) is 5.83. The van der Waals surface area contributed by atoms with Crippen molar-refractivity contribution < 1.29 is 13.9 Å². The number of nitrogens with one attached hydrogen (secondary N) is 1. The van der Waals surface area contributed by atoms with E-state index in [2.05, 4.69) is 5.32 Å². The summed E-state index contributed by atoms with van der Waals surface area (Å²) in [5, 5.41) is 5.28. The Hall–Kier alpha value is -4.38. The molecule has 5 rings (SSSR count). The van der Waals surface area contributed by atoms with Crippen molar-refractivity contribution in [2.45, 2.75) is 20.8 Å². The summed E-state index contributed by atoms with van der Waals surface area (Å²) in [7, 11) is 0. The number of carbonyl (C=O) groups is 1. The first kappa shape index (κ1) is 22.4. The molecule has 174 valence electrons. The van der Waals surface area contributed by atoms with E-state index in [0.29, 0.717) is 28.0 Å². The van der Waals surface area contributed by atoms with Gasteiger partial charge in [-0.2, -0.15) is 0 Å². The van der Waals surface area contributed by atoms with Crippen LogP contribution >= 0.6 is 0 Å². The number of benzene rings is 4. The maximum Gasteiger partial charge on any atom is 0.262 e. The highest BCUT2D eigenvalue weighted by Gasteiger charge is 2.20. The average molecular weight is 464 g/mol. The largest absolute Gasteiger partial charge is 0.476 e. The van der Waals surface area contributed by atoms with Gasteiger partial charge in [0, 0.05) is 16.6 Å². The van der Waals surface area contributed by atoms with E-state index in [0.717, 1.165) is 27.5 Å². The smallest absolute Gasteiger partial charge is 0.262 e. The summed E-state index contributed by atoms with van der Waals surface area (Å²) in [5.74, 6) is -0.0304. The van der Waals surface area contributed by atoms with Gasteiger partial charge in [-0.1, -0.05) is 66.2 Å². The summed E-state index contributed by atoms with van der Waals surface area (Å²) in [4.78, 5) is 26.3. The summed E-state index contributed by atoms with van der Waals surface area (Å²) in [6, 6.07) is 24.8. The van der Waals surface area contributed by atoms with Crippen molar-refractivity contribution in [2.24, 2.45) is 0 Å². The zero-order valence-corrected chi connectivity index (χ0v) is 19.8. The lowest BCUT2D eigenvalue weighted by molar-refractivity contribution is -0.118. The Morgan fingerprint density at radius 2 is 1.57 bits per heavy atom.